The molecule has 0 saturated carbocycles. The predicted octanol–water partition coefficient (Wildman–Crippen LogP) is 2.47. The first-order valence-electron chi connectivity index (χ1n) is 5.15. The Morgan fingerprint density at radius 2 is 1.67 bits per heavy atom. The summed E-state index contributed by atoms with van der Waals surface area (Å²) in [7, 11) is 0. The van der Waals surface area contributed by atoms with E-state index in [0.717, 1.165) is 0 Å². The first-order valence-corrected chi connectivity index (χ1v) is 5.15. The third-order valence-corrected chi connectivity index (χ3v) is 2.16. The van der Waals surface area contributed by atoms with E-state index in [1.807, 2.05) is 13.8 Å². The molecule has 0 aromatic heterocycles. The molecule has 0 aromatic rings. The summed E-state index contributed by atoms with van der Waals surface area (Å²) in [5.74, 6) is 0. The van der Waals surface area contributed by atoms with Crippen LogP contribution in [0.5, 0.6) is 0 Å². The molecule has 0 aromatic carbocycles. The van der Waals surface area contributed by atoms with Gasteiger partial charge in [0.2, 0.25) is 0 Å². The van der Waals surface area contributed by atoms with Gasteiger partial charge in [0.05, 0.1) is 5.60 Å². The van der Waals surface area contributed by atoms with Gasteiger partial charge in [-0.15, -0.1) is 0 Å². The zero-order valence-electron chi connectivity index (χ0n) is 9.49. The fraction of sp³-hybridized carbons (Fsp3) is 1.00. The number of rotatable bonds is 6. The van der Waals surface area contributed by atoms with Crippen molar-refractivity contribution in [1.82, 2.24) is 5.32 Å². The van der Waals surface area contributed by atoms with Gasteiger partial charge in [0.1, 0.15) is 0 Å². The van der Waals surface area contributed by atoms with E-state index < -0.39 is 18.2 Å². The van der Waals surface area contributed by atoms with Crippen LogP contribution in [0.4, 0.5) is 13.2 Å². The first kappa shape index (κ1) is 14.7. The second kappa shape index (κ2) is 5.70. The van der Waals surface area contributed by atoms with Crippen LogP contribution >= 0.6 is 0 Å². The van der Waals surface area contributed by atoms with E-state index >= 15 is 0 Å². The third-order valence-electron chi connectivity index (χ3n) is 2.16. The van der Waals surface area contributed by atoms with Gasteiger partial charge in [-0.25, -0.2) is 0 Å². The van der Waals surface area contributed by atoms with Gasteiger partial charge in [-0.1, -0.05) is 13.8 Å². The molecule has 0 heterocycles. The van der Waals surface area contributed by atoms with E-state index in [1.165, 1.54) is 6.92 Å². The van der Waals surface area contributed by atoms with Crippen molar-refractivity contribution in [3.05, 3.63) is 0 Å². The lowest BCUT2D eigenvalue weighted by molar-refractivity contribution is -0.146. The Morgan fingerprint density at radius 1 is 1.13 bits per heavy atom. The number of aliphatic hydroxyl groups is 1. The number of halogens is 3. The molecule has 0 rings (SSSR count). The third kappa shape index (κ3) is 10.0. The summed E-state index contributed by atoms with van der Waals surface area (Å²) in [6.45, 7) is 5.87. The summed E-state index contributed by atoms with van der Waals surface area (Å²) >= 11 is 0. The standard InChI is InChI=1S/C10H20F3NO/c1-8(2)14-7-6-9(3,15)4-5-10(11,12)13/h8,14-15H,4-7H2,1-3H3. The maximum Gasteiger partial charge on any atom is 0.389 e. The Kier molecular flexibility index (Phi) is 5.59. The zero-order chi connectivity index (χ0) is 12.1. The molecule has 0 spiro atoms. The highest BCUT2D eigenvalue weighted by Gasteiger charge is 2.31. The maximum atomic E-state index is 11.9. The van der Waals surface area contributed by atoms with Crippen LogP contribution < -0.4 is 5.32 Å². The fourth-order valence-corrected chi connectivity index (χ4v) is 1.17. The van der Waals surface area contributed by atoms with E-state index in [4.69, 9.17) is 0 Å². The smallest absolute Gasteiger partial charge is 0.389 e. The Morgan fingerprint density at radius 3 is 2.07 bits per heavy atom. The molecule has 5 heteroatoms. The topological polar surface area (TPSA) is 32.3 Å². The average Bonchev–Trinajstić information content (AvgIpc) is 1.99. The summed E-state index contributed by atoms with van der Waals surface area (Å²) in [6.07, 6.45) is -5.02. The van der Waals surface area contributed by atoms with Crippen molar-refractivity contribution in [3.63, 3.8) is 0 Å². The monoisotopic (exact) mass is 227 g/mol. The highest BCUT2D eigenvalue weighted by molar-refractivity contribution is 4.75. The molecule has 2 N–H and O–H groups in total. The fourth-order valence-electron chi connectivity index (χ4n) is 1.17. The Labute approximate surface area is 88.9 Å². The minimum Gasteiger partial charge on any atom is -0.390 e. The predicted molar refractivity (Wildman–Crippen MR) is 53.7 cm³/mol. The lowest BCUT2D eigenvalue weighted by Crippen LogP contribution is -2.33. The number of hydrogen-bond acceptors (Lipinski definition) is 2. The molecule has 0 aliphatic carbocycles. The molecule has 92 valence electrons. The lowest BCUT2D eigenvalue weighted by Gasteiger charge is -2.24. The van der Waals surface area contributed by atoms with Gasteiger partial charge in [0, 0.05) is 12.5 Å². The van der Waals surface area contributed by atoms with Gasteiger partial charge < -0.3 is 10.4 Å². The van der Waals surface area contributed by atoms with E-state index in [1.54, 1.807) is 0 Å². The van der Waals surface area contributed by atoms with Crippen molar-refractivity contribution >= 4 is 0 Å². The van der Waals surface area contributed by atoms with Crippen molar-refractivity contribution < 1.29 is 18.3 Å². The molecule has 1 atom stereocenters. The molecule has 0 fully saturated rings. The van der Waals surface area contributed by atoms with Crippen LogP contribution in [0.15, 0.2) is 0 Å². The number of nitrogens with one attached hydrogen (secondary N) is 1. The minimum atomic E-state index is -4.19. The van der Waals surface area contributed by atoms with E-state index in [-0.39, 0.29) is 12.5 Å². The van der Waals surface area contributed by atoms with Gasteiger partial charge in [-0.2, -0.15) is 13.2 Å². The summed E-state index contributed by atoms with van der Waals surface area (Å²) in [5, 5.41) is 12.7. The van der Waals surface area contributed by atoms with Gasteiger partial charge in [0.15, 0.2) is 0 Å². The highest BCUT2D eigenvalue weighted by atomic mass is 19.4. The number of hydrogen-bond donors (Lipinski definition) is 2. The van der Waals surface area contributed by atoms with Crippen LogP contribution in [0, 0.1) is 0 Å². The highest BCUT2D eigenvalue weighted by Crippen LogP contribution is 2.27. The molecule has 0 amide bonds. The van der Waals surface area contributed by atoms with Crippen LogP contribution in [0.3, 0.4) is 0 Å². The SMILES string of the molecule is CC(C)NCCC(C)(O)CCC(F)(F)F. The molecular formula is C10H20F3NO. The van der Waals surface area contributed by atoms with Gasteiger partial charge in [0.25, 0.3) is 0 Å². The molecule has 0 saturated heterocycles. The van der Waals surface area contributed by atoms with Crippen LogP contribution in [0.25, 0.3) is 0 Å². The van der Waals surface area contributed by atoms with Crippen molar-refractivity contribution in [2.45, 2.75) is 57.9 Å². The zero-order valence-corrected chi connectivity index (χ0v) is 9.49. The van der Waals surface area contributed by atoms with Crippen molar-refractivity contribution in [3.8, 4) is 0 Å². The average molecular weight is 227 g/mol. The maximum absolute atomic E-state index is 11.9. The van der Waals surface area contributed by atoms with Gasteiger partial charge in [-0.3, -0.25) is 0 Å². The second-order valence-electron chi connectivity index (χ2n) is 4.47. The Bertz CT molecular complexity index is 178. The second-order valence-corrected chi connectivity index (χ2v) is 4.47. The lowest BCUT2D eigenvalue weighted by atomic mass is 9.96. The van der Waals surface area contributed by atoms with E-state index in [2.05, 4.69) is 5.32 Å². The van der Waals surface area contributed by atoms with Crippen molar-refractivity contribution in [1.29, 1.82) is 0 Å². The minimum absolute atomic E-state index is 0.240. The van der Waals surface area contributed by atoms with Gasteiger partial charge in [-0.05, 0) is 26.3 Å². The van der Waals surface area contributed by atoms with Crippen LogP contribution in [0.2, 0.25) is 0 Å². The molecule has 0 aliphatic heterocycles. The number of alkyl halides is 3. The Hall–Kier alpha value is -0.290. The summed E-state index contributed by atoms with van der Waals surface area (Å²) in [4.78, 5) is 0. The largest absolute Gasteiger partial charge is 0.390 e. The van der Waals surface area contributed by atoms with Crippen molar-refractivity contribution in [2.24, 2.45) is 0 Å². The molecular weight excluding hydrogens is 207 g/mol. The van der Waals surface area contributed by atoms with E-state index in [9.17, 15) is 18.3 Å². The summed E-state index contributed by atoms with van der Waals surface area (Å²) in [5.41, 5.74) is -1.24. The Balaban J connectivity index is 3.77. The van der Waals surface area contributed by atoms with Gasteiger partial charge >= 0.3 is 6.18 Å². The summed E-state index contributed by atoms with van der Waals surface area (Å²) < 4.78 is 35.7. The quantitative estimate of drug-likeness (QED) is 0.730. The molecule has 0 radical (unpaired) electrons. The first-order chi connectivity index (χ1) is 6.62. The normalized spacial score (nSPS) is 16.8. The van der Waals surface area contributed by atoms with Crippen molar-refractivity contribution in [2.75, 3.05) is 6.54 Å². The molecule has 0 bridgehead atoms. The van der Waals surface area contributed by atoms with Crippen LogP contribution in [-0.4, -0.2) is 29.5 Å². The molecule has 1 unspecified atom stereocenters. The molecule has 2 nitrogen and oxygen atoms in total. The molecule has 0 aliphatic rings. The van der Waals surface area contributed by atoms with Crippen LogP contribution in [0.1, 0.15) is 40.0 Å². The summed E-state index contributed by atoms with van der Waals surface area (Å²) in [6, 6.07) is 0.281. The van der Waals surface area contributed by atoms with E-state index in [0.29, 0.717) is 13.0 Å². The molecule has 15 heavy (non-hydrogen) atoms. The van der Waals surface area contributed by atoms with Crippen LogP contribution in [-0.2, 0) is 0 Å².